The largest absolute Gasteiger partial charge is 0.375 e. The van der Waals surface area contributed by atoms with E-state index in [0.717, 1.165) is 57.0 Å². The molecule has 0 aliphatic carbocycles. The topological polar surface area (TPSA) is 53.0 Å². The van der Waals surface area contributed by atoms with E-state index in [9.17, 15) is 0 Å². The normalized spacial score (nSPS) is 23.0. The van der Waals surface area contributed by atoms with Gasteiger partial charge in [0, 0.05) is 46.0 Å². The summed E-state index contributed by atoms with van der Waals surface area (Å²) in [7, 11) is 1.86. The second kappa shape index (κ2) is 8.52. The van der Waals surface area contributed by atoms with E-state index in [1.807, 2.05) is 13.2 Å². The van der Waals surface area contributed by atoms with E-state index in [1.165, 1.54) is 18.4 Å². The Balaban J connectivity index is 1.52. The maximum absolute atomic E-state index is 5.60. The van der Waals surface area contributed by atoms with Gasteiger partial charge in [0.1, 0.15) is 5.82 Å². The van der Waals surface area contributed by atoms with Gasteiger partial charge in [-0.05, 0) is 37.3 Å². The molecule has 2 aliphatic rings. The van der Waals surface area contributed by atoms with E-state index in [2.05, 4.69) is 51.1 Å². The molecule has 0 saturated carbocycles. The van der Waals surface area contributed by atoms with E-state index >= 15 is 0 Å². The van der Waals surface area contributed by atoms with Crippen molar-refractivity contribution in [2.24, 2.45) is 10.9 Å². The Morgan fingerprint density at radius 3 is 2.72 bits per heavy atom. The van der Waals surface area contributed by atoms with Gasteiger partial charge in [-0.25, -0.2) is 4.98 Å². The van der Waals surface area contributed by atoms with E-state index in [1.54, 1.807) is 0 Å². The predicted octanol–water partition coefficient (Wildman–Crippen LogP) is 2.11. The number of hydrogen-bond donors (Lipinski definition) is 1. The van der Waals surface area contributed by atoms with Crippen molar-refractivity contribution < 1.29 is 4.74 Å². The first-order valence-corrected chi connectivity index (χ1v) is 9.43. The molecule has 3 rings (SSSR count). The lowest BCUT2D eigenvalue weighted by atomic mass is 10.00. The van der Waals surface area contributed by atoms with Crippen LogP contribution in [0.1, 0.15) is 32.3 Å². The highest BCUT2D eigenvalue weighted by Crippen LogP contribution is 2.17. The third-order valence-electron chi connectivity index (χ3n) is 5.12. The van der Waals surface area contributed by atoms with Gasteiger partial charge in [0.05, 0.1) is 12.7 Å². The molecule has 6 heteroatoms. The van der Waals surface area contributed by atoms with Crippen molar-refractivity contribution in [2.45, 2.75) is 39.3 Å². The second-order valence-electron chi connectivity index (χ2n) is 7.22. The maximum atomic E-state index is 5.60. The summed E-state index contributed by atoms with van der Waals surface area (Å²) >= 11 is 0. The second-order valence-corrected chi connectivity index (χ2v) is 7.22. The van der Waals surface area contributed by atoms with Crippen LogP contribution in [0.15, 0.2) is 23.3 Å². The van der Waals surface area contributed by atoms with Gasteiger partial charge in [-0.3, -0.25) is 4.99 Å². The molecule has 25 heavy (non-hydrogen) atoms. The number of aliphatic imine (C=N–C) groups is 1. The fraction of sp³-hybridized carbons (Fsp3) is 0.684. The molecule has 1 unspecified atom stereocenters. The van der Waals surface area contributed by atoms with Crippen molar-refractivity contribution in [3.63, 3.8) is 0 Å². The minimum atomic E-state index is 0.271. The Morgan fingerprint density at radius 1 is 1.28 bits per heavy atom. The number of guanidine groups is 1. The molecule has 0 aromatic carbocycles. The SMILES string of the molecule is CN=C(NCc1ccc(N2CCOC(C)C2)nc1)N1CCC(C)CC1. The number of piperidine rings is 1. The van der Waals surface area contributed by atoms with E-state index in [0.29, 0.717) is 0 Å². The highest BCUT2D eigenvalue weighted by atomic mass is 16.5. The average molecular weight is 345 g/mol. The number of ether oxygens (including phenoxy) is 1. The van der Waals surface area contributed by atoms with Crippen LogP contribution in [-0.4, -0.2) is 61.8 Å². The zero-order chi connectivity index (χ0) is 17.6. The molecule has 0 radical (unpaired) electrons. The number of aromatic nitrogens is 1. The summed E-state index contributed by atoms with van der Waals surface area (Å²) < 4.78 is 5.60. The summed E-state index contributed by atoms with van der Waals surface area (Å²) in [6.45, 7) is 9.97. The number of rotatable bonds is 3. The highest BCUT2D eigenvalue weighted by Gasteiger charge is 2.19. The summed E-state index contributed by atoms with van der Waals surface area (Å²) in [6.07, 6.45) is 4.73. The van der Waals surface area contributed by atoms with Crippen molar-refractivity contribution in [1.29, 1.82) is 0 Å². The van der Waals surface area contributed by atoms with Crippen LogP contribution >= 0.6 is 0 Å². The quantitative estimate of drug-likeness (QED) is 0.672. The zero-order valence-electron chi connectivity index (χ0n) is 15.7. The van der Waals surface area contributed by atoms with Gasteiger partial charge in [0.15, 0.2) is 5.96 Å². The molecule has 2 fully saturated rings. The Hall–Kier alpha value is -1.82. The first-order chi connectivity index (χ1) is 12.2. The number of morpholine rings is 1. The Labute approximate surface area is 151 Å². The molecule has 2 aliphatic heterocycles. The number of hydrogen-bond acceptors (Lipinski definition) is 4. The summed E-state index contributed by atoms with van der Waals surface area (Å²) in [6, 6.07) is 4.27. The number of pyridine rings is 1. The lowest BCUT2D eigenvalue weighted by Crippen LogP contribution is -2.45. The van der Waals surface area contributed by atoms with Gasteiger partial charge in [0.2, 0.25) is 0 Å². The van der Waals surface area contributed by atoms with Gasteiger partial charge in [0.25, 0.3) is 0 Å². The smallest absolute Gasteiger partial charge is 0.193 e. The summed E-state index contributed by atoms with van der Waals surface area (Å²) in [5, 5.41) is 3.48. The third kappa shape index (κ3) is 4.84. The van der Waals surface area contributed by atoms with Crippen LogP contribution < -0.4 is 10.2 Å². The van der Waals surface area contributed by atoms with Gasteiger partial charge < -0.3 is 19.9 Å². The summed E-state index contributed by atoms with van der Waals surface area (Å²) in [5.74, 6) is 2.86. The highest BCUT2D eigenvalue weighted by molar-refractivity contribution is 5.79. The molecule has 1 N–H and O–H groups in total. The predicted molar refractivity (Wildman–Crippen MR) is 102 cm³/mol. The Bertz CT molecular complexity index is 566. The monoisotopic (exact) mass is 345 g/mol. The van der Waals surface area contributed by atoms with E-state index in [4.69, 9.17) is 4.74 Å². The number of nitrogens with one attached hydrogen (secondary N) is 1. The fourth-order valence-electron chi connectivity index (χ4n) is 3.47. The molecule has 1 aromatic heterocycles. The van der Waals surface area contributed by atoms with Crippen molar-refractivity contribution >= 4 is 11.8 Å². The lowest BCUT2D eigenvalue weighted by Gasteiger charge is -2.33. The molecule has 2 saturated heterocycles. The fourth-order valence-corrected chi connectivity index (χ4v) is 3.47. The Kier molecular flexibility index (Phi) is 6.13. The van der Waals surface area contributed by atoms with Crippen molar-refractivity contribution in [1.82, 2.24) is 15.2 Å². The summed E-state index contributed by atoms with van der Waals surface area (Å²) in [5.41, 5.74) is 1.18. The summed E-state index contributed by atoms with van der Waals surface area (Å²) in [4.78, 5) is 13.7. The van der Waals surface area contributed by atoms with E-state index < -0.39 is 0 Å². The molecule has 1 atom stereocenters. The van der Waals surface area contributed by atoms with Crippen LogP contribution in [0.5, 0.6) is 0 Å². The van der Waals surface area contributed by atoms with Gasteiger partial charge in [-0.15, -0.1) is 0 Å². The standard InChI is InChI=1S/C19H31N5O/c1-15-6-8-23(9-7-15)19(20-3)22-13-17-4-5-18(21-12-17)24-10-11-25-16(2)14-24/h4-5,12,15-16H,6-11,13-14H2,1-3H3,(H,20,22). The zero-order valence-corrected chi connectivity index (χ0v) is 15.7. The minimum Gasteiger partial charge on any atom is -0.375 e. The van der Waals surface area contributed by atoms with Gasteiger partial charge >= 0.3 is 0 Å². The minimum absolute atomic E-state index is 0.271. The lowest BCUT2D eigenvalue weighted by molar-refractivity contribution is 0.0529. The molecule has 1 aromatic rings. The average Bonchev–Trinajstić information content (AvgIpc) is 2.64. The van der Waals surface area contributed by atoms with Crippen LogP contribution in [-0.2, 0) is 11.3 Å². The maximum Gasteiger partial charge on any atom is 0.193 e. The first-order valence-electron chi connectivity index (χ1n) is 9.43. The van der Waals surface area contributed by atoms with Crippen molar-refractivity contribution in [2.75, 3.05) is 44.7 Å². The molecule has 0 amide bonds. The molecule has 3 heterocycles. The van der Waals surface area contributed by atoms with Crippen LogP contribution in [0.4, 0.5) is 5.82 Å². The van der Waals surface area contributed by atoms with Crippen LogP contribution in [0.2, 0.25) is 0 Å². The van der Waals surface area contributed by atoms with Crippen LogP contribution in [0.25, 0.3) is 0 Å². The number of likely N-dealkylation sites (tertiary alicyclic amines) is 1. The van der Waals surface area contributed by atoms with Crippen LogP contribution in [0.3, 0.4) is 0 Å². The first kappa shape index (κ1) is 18.0. The Morgan fingerprint density at radius 2 is 2.08 bits per heavy atom. The third-order valence-corrected chi connectivity index (χ3v) is 5.12. The molecular weight excluding hydrogens is 314 g/mol. The molecular formula is C19H31N5O. The van der Waals surface area contributed by atoms with Gasteiger partial charge in [-0.1, -0.05) is 13.0 Å². The number of nitrogens with zero attached hydrogens (tertiary/aromatic N) is 4. The number of anilines is 1. The van der Waals surface area contributed by atoms with E-state index in [-0.39, 0.29) is 6.10 Å². The molecule has 0 spiro atoms. The van der Waals surface area contributed by atoms with Crippen molar-refractivity contribution in [3.05, 3.63) is 23.9 Å². The molecule has 0 bridgehead atoms. The van der Waals surface area contributed by atoms with Crippen molar-refractivity contribution in [3.8, 4) is 0 Å². The molecule has 138 valence electrons. The van der Waals surface area contributed by atoms with Crippen LogP contribution in [0, 0.1) is 5.92 Å². The van der Waals surface area contributed by atoms with Gasteiger partial charge in [-0.2, -0.15) is 0 Å². The molecule has 6 nitrogen and oxygen atoms in total.